The molecule has 0 radical (unpaired) electrons. The Morgan fingerprint density at radius 2 is 2.28 bits per heavy atom. The minimum atomic E-state index is -0.429. The van der Waals surface area contributed by atoms with Gasteiger partial charge in [0.15, 0.2) is 0 Å². The van der Waals surface area contributed by atoms with Crippen LogP contribution in [0.15, 0.2) is 39.9 Å². The van der Waals surface area contributed by atoms with Gasteiger partial charge in [0, 0.05) is 12.3 Å². The van der Waals surface area contributed by atoms with E-state index < -0.39 is 5.91 Å². The van der Waals surface area contributed by atoms with Crippen molar-refractivity contribution in [3.8, 4) is 0 Å². The zero-order valence-electron chi connectivity index (χ0n) is 9.84. The molecule has 0 aliphatic carbocycles. The summed E-state index contributed by atoms with van der Waals surface area (Å²) in [6.45, 7) is 2.12. The molecule has 18 heavy (non-hydrogen) atoms. The predicted molar refractivity (Wildman–Crippen MR) is 64.9 cm³/mol. The number of hydrazine groups is 1. The number of nitrogens with one attached hydrogen (secondary N) is 1. The van der Waals surface area contributed by atoms with Crippen LogP contribution in [-0.4, -0.2) is 10.5 Å². The second-order valence-electron chi connectivity index (χ2n) is 3.95. The molecule has 94 valence electrons. The second-order valence-corrected chi connectivity index (χ2v) is 3.95. The molecule has 1 amide bonds. The highest BCUT2D eigenvalue weighted by Gasteiger charge is 2.09. The van der Waals surface area contributed by atoms with Crippen LogP contribution in [0.3, 0.4) is 0 Å². The molecule has 0 saturated heterocycles. The third-order valence-electron chi connectivity index (χ3n) is 2.52. The second kappa shape index (κ2) is 4.89. The molecular formula is C12H13N3O3. The smallest absolute Gasteiger partial charge is 0.268 e. The van der Waals surface area contributed by atoms with Crippen molar-refractivity contribution in [2.45, 2.75) is 13.5 Å². The number of nitrogens with zero attached hydrogens (tertiary/aromatic N) is 1. The van der Waals surface area contributed by atoms with Gasteiger partial charge in [-0.05, 0) is 24.6 Å². The maximum atomic E-state index is 11.7. The van der Waals surface area contributed by atoms with E-state index in [2.05, 4.69) is 0 Å². The van der Waals surface area contributed by atoms with E-state index in [0.717, 1.165) is 5.56 Å². The van der Waals surface area contributed by atoms with E-state index in [0.29, 0.717) is 11.3 Å². The number of nitrogens with two attached hydrogens (primary N) is 1. The summed E-state index contributed by atoms with van der Waals surface area (Å²) < 4.78 is 6.70. The van der Waals surface area contributed by atoms with Crippen LogP contribution >= 0.6 is 0 Å². The molecule has 0 bridgehead atoms. The monoisotopic (exact) mass is 247 g/mol. The molecule has 6 nitrogen and oxygen atoms in total. The van der Waals surface area contributed by atoms with Crippen LogP contribution in [0.5, 0.6) is 0 Å². The Labute approximate surface area is 103 Å². The molecule has 0 fully saturated rings. The van der Waals surface area contributed by atoms with Gasteiger partial charge in [0.05, 0.1) is 12.1 Å². The summed E-state index contributed by atoms with van der Waals surface area (Å²) >= 11 is 0. The van der Waals surface area contributed by atoms with Crippen LogP contribution in [0, 0.1) is 6.92 Å². The molecule has 2 aromatic heterocycles. The molecule has 6 heteroatoms. The van der Waals surface area contributed by atoms with E-state index in [9.17, 15) is 9.59 Å². The first-order valence-corrected chi connectivity index (χ1v) is 5.35. The van der Waals surface area contributed by atoms with Gasteiger partial charge >= 0.3 is 0 Å². The first-order valence-electron chi connectivity index (χ1n) is 5.35. The third-order valence-corrected chi connectivity index (χ3v) is 2.52. The summed E-state index contributed by atoms with van der Waals surface area (Å²) in [5, 5.41) is 0. The molecule has 0 aromatic carbocycles. The highest BCUT2D eigenvalue weighted by molar-refractivity contribution is 5.93. The van der Waals surface area contributed by atoms with E-state index in [1.807, 2.05) is 18.4 Å². The Morgan fingerprint density at radius 1 is 1.50 bits per heavy atom. The molecule has 0 aliphatic rings. The van der Waals surface area contributed by atoms with E-state index in [1.54, 1.807) is 12.3 Å². The quantitative estimate of drug-likeness (QED) is 0.466. The van der Waals surface area contributed by atoms with E-state index in [4.69, 9.17) is 10.3 Å². The Kier molecular flexibility index (Phi) is 3.29. The predicted octanol–water partition coefficient (Wildman–Crippen LogP) is 0.402. The summed E-state index contributed by atoms with van der Waals surface area (Å²) in [6.07, 6.45) is 2.99. The molecule has 2 heterocycles. The van der Waals surface area contributed by atoms with Crippen LogP contribution in [0.4, 0.5) is 0 Å². The lowest BCUT2D eigenvalue weighted by atomic mass is 10.3. The number of rotatable bonds is 3. The third kappa shape index (κ3) is 2.49. The molecule has 0 atom stereocenters. The highest BCUT2D eigenvalue weighted by Crippen LogP contribution is 2.08. The first-order chi connectivity index (χ1) is 8.60. The standard InChI is InChI=1S/C12H13N3O3/c1-8-2-3-15(11(16)4-8)6-10-5-9(7-18-10)12(17)14-13/h2-5,7H,6,13H2,1H3,(H,14,17). The number of carbonyl (C=O) groups is 1. The van der Waals surface area contributed by atoms with Crippen LogP contribution in [0.2, 0.25) is 0 Å². The average molecular weight is 247 g/mol. The molecular weight excluding hydrogens is 234 g/mol. The first kappa shape index (κ1) is 12.1. The molecule has 2 rings (SSSR count). The number of hydrogen-bond acceptors (Lipinski definition) is 4. The van der Waals surface area contributed by atoms with Gasteiger partial charge in [0.25, 0.3) is 11.5 Å². The average Bonchev–Trinajstić information content (AvgIpc) is 2.80. The van der Waals surface area contributed by atoms with Gasteiger partial charge in [-0.2, -0.15) is 0 Å². The number of nitrogen functional groups attached to an aromatic ring is 1. The molecule has 0 spiro atoms. The van der Waals surface area contributed by atoms with Crippen molar-refractivity contribution in [1.29, 1.82) is 0 Å². The summed E-state index contributed by atoms with van der Waals surface area (Å²) in [5.41, 5.74) is 3.12. The zero-order chi connectivity index (χ0) is 13.1. The van der Waals surface area contributed by atoms with E-state index >= 15 is 0 Å². The SMILES string of the molecule is Cc1ccn(Cc2cc(C(=O)NN)co2)c(=O)c1. The van der Waals surface area contributed by atoms with Gasteiger partial charge in [0.2, 0.25) is 0 Å². The maximum absolute atomic E-state index is 11.7. The lowest BCUT2D eigenvalue weighted by Crippen LogP contribution is -2.29. The van der Waals surface area contributed by atoms with Crippen molar-refractivity contribution in [2.24, 2.45) is 5.84 Å². The van der Waals surface area contributed by atoms with Crippen molar-refractivity contribution in [1.82, 2.24) is 9.99 Å². The minimum Gasteiger partial charge on any atom is -0.467 e. The van der Waals surface area contributed by atoms with Crippen molar-refractivity contribution in [2.75, 3.05) is 0 Å². The van der Waals surface area contributed by atoms with Crippen LogP contribution in [0.1, 0.15) is 21.7 Å². The number of hydrogen-bond donors (Lipinski definition) is 2. The van der Waals surface area contributed by atoms with Crippen LogP contribution < -0.4 is 16.8 Å². The minimum absolute atomic E-state index is 0.115. The van der Waals surface area contributed by atoms with E-state index in [1.165, 1.54) is 16.9 Å². The Hall–Kier alpha value is -2.34. The van der Waals surface area contributed by atoms with E-state index in [-0.39, 0.29) is 12.1 Å². The van der Waals surface area contributed by atoms with Crippen LogP contribution in [0.25, 0.3) is 0 Å². The summed E-state index contributed by atoms with van der Waals surface area (Å²) in [7, 11) is 0. The Morgan fingerprint density at radius 3 is 2.94 bits per heavy atom. The van der Waals surface area contributed by atoms with Crippen molar-refractivity contribution < 1.29 is 9.21 Å². The maximum Gasteiger partial charge on any atom is 0.268 e. The number of aromatic nitrogens is 1. The van der Waals surface area contributed by atoms with Gasteiger partial charge < -0.3 is 8.98 Å². The van der Waals surface area contributed by atoms with Gasteiger partial charge in [-0.15, -0.1) is 0 Å². The van der Waals surface area contributed by atoms with Gasteiger partial charge in [0.1, 0.15) is 12.0 Å². The molecule has 0 aliphatic heterocycles. The number of pyridine rings is 1. The normalized spacial score (nSPS) is 10.3. The fourth-order valence-corrected chi connectivity index (χ4v) is 1.57. The highest BCUT2D eigenvalue weighted by atomic mass is 16.3. The summed E-state index contributed by atoms with van der Waals surface area (Å²) in [5.74, 6) is 5.09. The fourth-order valence-electron chi connectivity index (χ4n) is 1.57. The zero-order valence-corrected chi connectivity index (χ0v) is 9.84. The van der Waals surface area contributed by atoms with Crippen molar-refractivity contribution in [3.63, 3.8) is 0 Å². The molecule has 0 saturated carbocycles. The molecule has 0 unspecified atom stereocenters. The number of carbonyl (C=O) groups excluding carboxylic acids is 1. The lowest BCUT2D eigenvalue weighted by Gasteiger charge is -2.02. The van der Waals surface area contributed by atoms with Gasteiger partial charge in [-0.25, -0.2) is 5.84 Å². The Bertz CT molecular complexity index is 627. The fraction of sp³-hybridized carbons (Fsp3) is 0.167. The van der Waals surface area contributed by atoms with Crippen molar-refractivity contribution >= 4 is 5.91 Å². The summed E-state index contributed by atoms with van der Waals surface area (Å²) in [6, 6.07) is 4.92. The lowest BCUT2D eigenvalue weighted by molar-refractivity contribution is 0.0953. The van der Waals surface area contributed by atoms with Gasteiger partial charge in [-0.3, -0.25) is 15.0 Å². The summed E-state index contributed by atoms with van der Waals surface area (Å²) in [4.78, 5) is 22.9. The van der Waals surface area contributed by atoms with Gasteiger partial charge in [-0.1, -0.05) is 0 Å². The number of aryl methyl sites for hydroxylation is 1. The molecule has 3 N–H and O–H groups in total. The number of furan rings is 1. The topological polar surface area (TPSA) is 90.3 Å². The van der Waals surface area contributed by atoms with Crippen LogP contribution in [-0.2, 0) is 6.54 Å². The number of amides is 1. The molecule has 2 aromatic rings. The Balaban J connectivity index is 2.21. The van der Waals surface area contributed by atoms with Crippen molar-refractivity contribution in [3.05, 3.63) is 57.9 Å². The largest absolute Gasteiger partial charge is 0.467 e.